The van der Waals surface area contributed by atoms with Crippen LogP contribution in [0.15, 0.2) is 35.1 Å². The highest BCUT2D eigenvalue weighted by molar-refractivity contribution is 9.10. The van der Waals surface area contributed by atoms with E-state index in [-0.39, 0.29) is 5.78 Å². The Labute approximate surface area is 94.9 Å². The largest absolute Gasteiger partial charge is 0.290 e. The Balaban J connectivity index is 2.09. The summed E-state index contributed by atoms with van der Waals surface area (Å²) in [6.07, 6.45) is 1.66. The van der Waals surface area contributed by atoms with Gasteiger partial charge in [-0.05, 0) is 17.7 Å². The maximum atomic E-state index is 11.6. The Bertz CT molecular complexity index is 450. The van der Waals surface area contributed by atoms with Gasteiger partial charge in [-0.15, -0.1) is 0 Å². The zero-order valence-corrected chi connectivity index (χ0v) is 9.36. The van der Waals surface area contributed by atoms with Crippen molar-refractivity contribution < 1.29 is 4.79 Å². The molecule has 0 saturated heterocycles. The van der Waals surface area contributed by atoms with E-state index in [1.165, 1.54) is 6.33 Å². The van der Waals surface area contributed by atoms with Crippen LogP contribution < -0.4 is 0 Å². The smallest absolute Gasteiger partial charge is 0.203 e. The van der Waals surface area contributed by atoms with E-state index in [9.17, 15) is 4.79 Å². The quantitative estimate of drug-likeness (QED) is 0.864. The number of hydrogen-bond donors (Lipinski definition) is 1. The average molecular weight is 266 g/mol. The van der Waals surface area contributed by atoms with Crippen LogP contribution in [0.5, 0.6) is 0 Å². The molecule has 0 amide bonds. The Kier molecular flexibility index (Phi) is 2.91. The number of carbonyl (C=O) groups excluding carboxylic acids is 1. The van der Waals surface area contributed by atoms with Crippen molar-refractivity contribution in [2.45, 2.75) is 6.42 Å². The van der Waals surface area contributed by atoms with Crippen LogP contribution in [0.4, 0.5) is 0 Å². The van der Waals surface area contributed by atoms with E-state index in [1.807, 2.05) is 24.3 Å². The molecule has 0 saturated carbocycles. The molecular weight excluding hydrogens is 258 g/mol. The van der Waals surface area contributed by atoms with Gasteiger partial charge < -0.3 is 0 Å². The van der Waals surface area contributed by atoms with Crippen molar-refractivity contribution in [2.75, 3.05) is 0 Å². The number of Topliss-reactive ketones (excluding diaryl/α,β-unsaturated/α-hetero) is 1. The fraction of sp³-hybridized carbons (Fsp3) is 0.100. The number of halogens is 1. The summed E-state index contributed by atoms with van der Waals surface area (Å²) in [5, 5.41) is 6.18. The predicted molar refractivity (Wildman–Crippen MR) is 58.6 cm³/mol. The molecule has 4 nitrogen and oxygen atoms in total. The number of nitrogens with one attached hydrogen (secondary N) is 1. The normalized spacial score (nSPS) is 10.2. The molecule has 5 heteroatoms. The summed E-state index contributed by atoms with van der Waals surface area (Å²) >= 11 is 3.34. The van der Waals surface area contributed by atoms with Crippen LogP contribution in [0.3, 0.4) is 0 Å². The number of ketones is 1. The summed E-state index contributed by atoms with van der Waals surface area (Å²) in [6, 6.07) is 7.61. The molecule has 0 fully saturated rings. The number of rotatable bonds is 3. The van der Waals surface area contributed by atoms with Gasteiger partial charge in [-0.25, -0.2) is 4.98 Å². The van der Waals surface area contributed by atoms with Crippen molar-refractivity contribution in [3.05, 3.63) is 46.5 Å². The van der Waals surface area contributed by atoms with Crippen molar-refractivity contribution in [1.29, 1.82) is 0 Å². The molecule has 2 aromatic rings. The SMILES string of the molecule is O=C(Cc1ccc(Br)cc1)c1ncn[nH]1. The van der Waals surface area contributed by atoms with E-state index in [0.29, 0.717) is 12.2 Å². The third kappa shape index (κ3) is 2.50. The van der Waals surface area contributed by atoms with Crippen LogP contribution in [0.2, 0.25) is 0 Å². The summed E-state index contributed by atoms with van der Waals surface area (Å²) in [5.41, 5.74) is 0.958. The van der Waals surface area contributed by atoms with Gasteiger partial charge in [0.25, 0.3) is 0 Å². The lowest BCUT2D eigenvalue weighted by Crippen LogP contribution is -2.05. The van der Waals surface area contributed by atoms with Crippen LogP contribution in [-0.2, 0) is 6.42 Å². The number of aromatic nitrogens is 3. The van der Waals surface area contributed by atoms with E-state index in [0.717, 1.165) is 10.0 Å². The molecule has 0 aliphatic carbocycles. The topological polar surface area (TPSA) is 58.6 Å². The van der Waals surface area contributed by atoms with Crippen LogP contribution >= 0.6 is 15.9 Å². The van der Waals surface area contributed by atoms with E-state index < -0.39 is 0 Å². The second-order valence-electron chi connectivity index (χ2n) is 3.06. The lowest BCUT2D eigenvalue weighted by atomic mass is 10.1. The third-order valence-corrected chi connectivity index (χ3v) is 2.49. The lowest BCUT2D eigenvalue weighted by molar-refractivity contribution is 0.0983. The van der Waals surface area contributed by atoms with Crippen LogP contribution in [0, 0.1) is 0 Å². The zero-order chi connectivity index (χ0) is 10.7. The Morgan fingerprint density at radius 1 is 1.33 bits per heavy atom. The molecule has 0 atom stereocenters. The van der Waals surface area contributed by atoms with Gasteiger partial charge in [-0.1, -0.05) is 28.1 Å². The molecule has 1 heterocycles. The molecule has 1 N–H and O–H groups in total. The van der Waals surface area contributed by atoms with E-state index in [4.69, 9.17) is 0 Å². The van der Waals surface area contributed by atoms with Crippen LogP contribution in [-0.4, -0.2) is 21.0 Å². The lowest BCUT2D eigenvalue weighted by Gasteiger charge is -1.98. The van der Waals surface area contributed by atoms with Crippen molar-refractivity contribution in [3.63, 3.8) is 0 Å². The molecule has 2 rings (SSSR count). The molecule has 0 bridgehead atoms. The van der Waals surface area contributed by atoms with Gasteiger partial charge >= 0.3 is 0 Å². The zero-order valence-electron chi connectivity index (χ0n) is 7.77. The standard InChI is InChI=1S/C10H8BrN3O/c11-8-3-1-7(2-4-8)5-9(15)10-12-6-13-14-10/h1-4,6H,5H2,(H,12,13,14). The summed E-state index contributed by atoms with van der Waals surface area (Å²) in [4.78, 5) is 15.4. The number of nitrogens with zero attached hydrogens (tertiary/aromatic N) is 2. The molecule has 0 aliphatic heterocycles. The summed E-state index contributed by atoms with van der Waals surface area (Å²) < 4.78 is 0.998. The highest BCUT2D eigenvalue weighted by atomic mass is 79.9. The predicted octanol–water partition coefficient (Wildman–Crippen LogP) is 1.99. The van der Waals surface area contributed by atoms with E-state index in [1.54, 1.807) is 0 Å². The first-order valence-electron chi connectivity index (χ1n) is 4.39. The molecule has 0 aliphatic rings. The Morgan fingerprint density at radius 3 is 2.67 bits per heavy atom. The summed E-state index contributed by atoms with van der Waals surface area (Å²) in [7, 11) is 0. The summed E-state index contributed by atoms with van der Waals surface area (Å²) in [5.74, 6) is 0.243. The van der Waals surface area contributed by atoms with Crippen molar-refractivity contribution >= 4 is 21.7 Å². The van der Waals surface area contributed by atoms with Gasteiger partial charge in [0.05, 0.1) is 0 Å². The second kappa shape index (κ2) is 4.35. The summed E-state index contributed by atoms with van der Waals surface area (Å²) in [6.45, 7) is 0. The molecule has 0 radical (unpaired) electrons. The van der Waals surface area contributed by atoms with E-state index >= 15 is 0 Å². The monoisotopic (exact) mass is 265 g/mol. The Hall–Kier alpha value is -1.49. The highest BCUT2D eigenvalue weighted by Crippen LogP contribution is 2.11. The minimum Gasteiger partial charge on any atom is -0.290 e. The van der Waals surface area contributed by atoms with Gasteiger partial charge in [0.15, 0.2) is 5.82 Å². The molecule has 0 unspecified atom stereocenters. The molecule has 1 aromatic carbocycles. The van der Waals surface area contributed by atoms with Crippen molar-refractivity contribution in [3.8, 4) is 0 Å². The first kappa shape index (κ1) is 10.0. The minimum absolute atomic E-state index is 0.0603. The average Bonchev–Trinajstić information content (AvgIpc) is 2.74. The third-order valence-electron chi connectivity index (χ3n) is 1.96. The van der Waals surface area contributed by atoms with Gasteiger partial charge in [0.1, 0.15) is 6.33 Å². The minimum atomic E-state index is -0.0603. The second-order valence-corrected chi connectivity index (χ2v) is 3.98. The molecular formula is C10H8BrN3O. The van der Waals surface area contributed by atoms with Gasteiger partial charge in [-0.2, -0.15) is 5.10 Å². The number of H-pyrrole nitrogens is 1. The maximum Gasteiger partial charge on any atom is 0.203 e. The van der Waals surface area contributed by atoms with Gasteiger partial charge in [-0.3, -0.25) is 9.89 Å². The number of benzene rings is 1. The molecule has 15 heavy (non-hydrogen) atoms. The highest BCUT2D eigenvalue weighted by Gasteiger charge is 2.09. The number of aromatic amines is 1. The van der Waals surface area contributed by atoms with E-state index in [2.05, 4.69) is 31.1 Å². The molecule has 76 valence electrons. The number of hydrogen-bond acceptors (Lipinski definition) is 3. The fourth-order valence-electron chi connectivity index (χ4n) is 1.21. The van der Waals surface area contributed by atoms with Crippen LogP contribution in [0.1, 0.15) is 16.2 Å². The van der Waals surface area contributed by atoms with Gasteiger partial charge in [0, 0.05) is 10.9 Å². The maximum absolute atomic E-state index is 11.6. The Morgan fingerprint density at radius 2 is 2.07 bits per heavy atom. The van der Waals surface area contributed by atoms with Crippen molar-refractivity contribution in [1.82, 2.24) is 15.2 Å². The van der Waals surface area contributed by atoms with Gasteiger partial charge in [0.2, 0.25) is 5.78 Å². The van der Waals surface area contributed by atoms with Crippen molar-refractivity contribution in [2.24, 2.45) is 0 Å². The first-order chi connectivity index (χ1) is 7.25. The number of carbonyl (C=O) groups is 1. The van der Waals surface area contributed by atoms with Crippen LogP contribution in [0.25, 0.3) is 0 Å². The molecule has 0 spiro atoms. The first-order valence-corrected chi connectivity index (χ1v) is 5.18. The fourth-order valence-corrected chi connectivity index (χ4v) is 1.48. The molecule has 1 aromatic heterocycles.